The normalized spacial score (nSPS) is 13.8. The van der Waals surface area contributed by atoms with Crippen molar-refractivity contribution < 1.29 is 22.7 Å². The maximum atomic E-state index is 12.9. The molecule has 3 aromatic carbocycles. The fourth-order valence-corrected chi connectivity index (χ4v) is 5.00. The third-order valence-corrected chi connectivity index (χ3v) is 6.88. The Bertz CT molecular complexity index is 1350. The van der Waals surface area contributed by atoms with Gasteiger partial charge in [-0.3, -0.25) is 10.2 Å². The van der Waals surface area contributed by atoms with Gasteiger partial charge in [-0.2, -0.15) is 24.5 Å². The van der Waals surface area contributed by atoms with Gasteiger partial charge in [-0.25, -0.2) is 4.79 Å². The van der Waals surface area contributed by atoms with Crippen LogP contribution in [0.4, 0.5) is 23.7 Å². The number of nitrogens with zero attached hydrogens (tertiary/aromatic N) is 1. The molecule has 36 heavy (non-hydrogen) atoms. The number of rotatable bonds is 5. The number of hydrogen-bond acceptors (Lipinski definition) is 4. The summed E-state index contributed by atoms with van der Waals surface area (Å²) in [5.74, 6) is 0.261. The van der Waals surface area contributed by atoms with Gasteiger partial charge in [-0.15, -0.1) is 0 Å². The number of alkyl halides is 3. The first-order chi connectivity index (χ1) is 17.3. The Morgan fingerprint density at radius 3 is 2.56 bits per heavy atom. The molecule has 184 valence electrons. The van der Waals surface area contributed by atoms with Gasteiger partial charge in [-0.1, -0.05) is 36.4 Å². The third kappa shape index (κ3) is 5.61. The number of ether oxygens (including phenoxy) is 1. The lowest BCUT2D eigenvalue weighted by molar-refractivity contribution is -0.137. The highest BCUT2D eigenvalue weighted by Gasteiger charge is 2.30. The zero-order valence-electron chi connectivity index (χ0n) is 19.2. The lowest BCUT2D eigenvalue weighted by Crippen LogP contribution is -2.30. The molecule has 1 N–H and O–H groups in total. The van der Waals surface area contributed by atoms with Crippen molar-refractivity contribution in [1.29, 1.82) is 0 Å². The molecular formula is C28H23F3N2O2S. The van der Waals surface area contributed by atoms with Crippen LogP contribution in [0, 0.1) is 0 Å². The zero-order valence-corrected chi connectivity index (χ0v) is 20.0. The van der Waals surface area contributed by atoms with Gasteiger partial charge >= 0.3 is 12.3 Å². The molecule has 1 aliphatic rings. The summed E-state index contributed by atoms with van der Waals surface area (Å²) in [7, 11) is 0. The van der Waals surface area contributed by atoms with Crippen LogP contribution in [0.1, 0.15) is 22.3 Å². The Labute approximate surface area is 211 Å². The molecule has 0 unspecified atom stereocenters. The minimum absolute atomic E-state index is 0.261. The molecule has 0 atom stereocenters. The van der Waals surface area contributed by atoms with E-state index >= 15 is 0 Å². The summed E-state index contributed by atoms with van der Waals surface area (Å²) < 4.78 is 44.2. The second-order valence-electron chi connectivity index (χ2n) is 8.66. The molecule has 1 aliphatic heterocycles. The molecule has 0 fully saturated rings. The summed E-state index contributed by atoms with van der Waals surface area (Å²) >= 11 is 1.70. The van der Waals surface area contributed by atoms with E-state index in [2.05, 4.69) is 27.0 Å². The smallest absolute Gasteiger partial charge is 0.409 e. The van der Waals surface area contributed by atoms with Gasteiger partial charge in [0.05, 0.1) is 5.56 Å². The topological polar surface area (TPSA) is 41.6 Å². The Hall–Kier alpha value is -3.62. The number of hydrogen-bond donors (Lipinski definition) is 1. The van der Waals surface area contributed by atoms with Gasteiger partial charge in [0.15, 0.2) is 0 Å². The van der Waals surface area contributed by atoms with E-state index in [1.165, 1.54) is 28.8 Å². The SMILES string of the molecule is O=C(Nc1ccc2c(c1)CCN(Cc1ccsc1)C2)Oc1ccccc1-c1ccc(C(F)(F)F)cc1. The average Bonchev–Trinajstić information content (AvgIpc) is 3.37. The number of carbonyl (C=O) groups is 1. The molecule has 4 nitrogen and oxygen atoms in total. The third-order valence-electron chi connectivity index (χ3n) is 6.14. The van der Waals surface area contributed by atoms with Gasteiger partial charge in [0.1, 0.15) is 5.75 Å². The van der Waals surface area contributed by atoms with Crippen LogP contribution < -0.4 is 10.1 Å². The number of benzene rings is 3. The minimum Gasteiger partial charge on any atom is -0.409 e. The highest BCUT2D eigenvalue weighted by Crippen LogP contribution is 2.34. The molecule has 0 spiro atoms. The van der Waals surface area contributed by atoms with Crippen molar-refractivity contribution in [2.45, 2.75) is 25.7 Å². The van der Waals surface area contributed by atoms with Crippen LogP contribution >= 0.6 is 11.3 Å². The van der Waals surface area contributed by atoms with Crippen molar-refractivity contribution in [3.05, 3.63) is 106 Å². The number of anilines is 1. The van der Waals surface area contributed by atoms with Crippen molar-refractivity contribution in [2.24, 2.45) is 0 Å². The highest BCUT2D eigenvalue weighted by molar-refractivity contribution is 7.07. The van der Waals surface area contributed by atoms with Crippen LogP contribution in [0.2, 0.25) is 0 Å². The lowest BCUT2D eigenvalue weighted by Gasteiger charge is -2.28. The number of halogens is 3. The van der Waals surface area contributed by atoms with Crippen molar-refractivity contribution in [1.82, 2.24) is 4.90 Å². The molecule has 4 aromatic rings. The van der Waals surface area contributed by atoms with Crippen molar-refractivity contribution in [3.63, 3.8) is 0 Å². The Balaban J connectivity index is 1.25. The summed E-state index contributed by atoms with van der Waals surface area (Å²) in [6.07, 6.45) is -4.18. The second-order valence-corrected chi connectivity index (χ2v) is 9.44. The second kappa shape index (κ2) is 10.2. The monoisotopic (exact) mass is 508 g/mol. The Kier molecular flexibility index (Phi) is 6.80. The predicted molar refractivity (Wildman–Crippen MR) is 135 cm³/mol. The molecule has 0 radical (unpaired) electrons. The maximum absolute atomic E-state index is 12.9. The van der Waals surface area contributed by atoms with Crippen molar-refractivity contribution in [2.75, 3.05) is 11.9 Å². The summed E-state index contributed by atoms with van der Waals surface area (Å²) in [6, 6.07) is 19.5. The van der Waals surface area contributed by atoms with Crippen molar-refractivity contribution in [3.8, 4) is 16.9 Å². The number of thiophene rings is 1. The van der Waals surface area contributed by atoms with E-state index in [-0.39, 0.29) is 5.75 Å². The first-order valence-electron chi connectivity index (χ1n) is 11.5. The van der Waals surface area contributed by atoms with E-state index in [0.717, 1.165) is 38.2 Å². The van der Waals surface area contributed by atoms with Gasteiger partial charge in [0.2, 0.25) is 0 Å². The molecule has 0 bridgehead atoms. The summed E-state index contributed by atoms with van der Waals surface area (Å²) in [4.78, 5) is 15.1. The standard InChI is InChI=1S/C28H23F3N2O2S/c29-28(30,31)23-8-5-20(6-9-23)25-3-1-2-4-26(25)35-27(34)32-24-10-7-22-17-33(13-11-21(22)15-24)16-19-12-14-36-18-19/h1-10,12,14-15,18H,11,13,16-17H2,(H,32,34). The average molecular weight is 509 g/mol. The molecule has 0 saturated heterocycles. The van der Waals surface area contributed by atoms with E-state index in [1.54, 1.807) is 35.6 Å². The number of fused-ring (bicyclic) bond motifs is 1. The van der Waals surface area contributed by atoms with Gasteiger partial charge in [-0.05, 0) is 75.8 Å². The fraction of sp³-hybridized carbons (Fsp3) is 0.179. The molecule has 5 rings (SSSR count). The lowest BCUT2D eigenvalue weighted by atomic mass is 9.99. The fourth-order valence-electron chi connectivity index (χ4n) is 4.34. The van der Waals surface area contributed by atoms with Gasteiger partial charge < -0.3 is 4.74 Å². The molecule has 8 heteroatoms. The number of para-hydroxylation sites is 1. The maximum Gasteiger partial charge on any atom is 0.417 e. The van der Waals surface area contributed by atoms with Crippen LogP contribution in [0.5, 0.6) is 5.75 Å². The summed E-state index contributed by atoms with van der Waals surface area (Å²) in [5.41, 5.74) is 4.70. The molecule has 0 aliphatic carbocycles. The summed E-state index contributed by atoms with van der Waals surface area (Å²) in [5, 5.41) is 7.03. The Morgan fingerprint density at radius 2 is 1.81 bits per heavy atom. The van der Waals surface area contributed by atoms with Crippen LogP contribution in [0.25, 0.3) is 11.1 Å². The van der Waals surface area contributed by atoms with Crippen molar-refractivity contribution >= 4 is 23.1 Å². The molecule has 2 heterocycles. The van der Waals surface area contributed by atoms with Crippen LogP contribution in [-0.2, 0) is 25.7 Å². The first-order valence-corrected chi connectivity index (χ1v) is 12.4. The van der Waals surface area contributed by atoms with E-state index < -0.39 is 17.8 Å². The van der Waals surface area contributed by atoms with E-state index in [1.807, 2.05) is 18.2 Å². The van der Waals surface area contributed by atoms with E-state index in [0.29, 0.717) is 16.8 Å². The predicted octanol–water partition coefficient (Wildman–Crippen LogP) is 7.60. The largest absolute Gasteiger partial charge is 0.417 e. The molecule has 1 amide bonds. The quantitative estimate of drug-likeness (QED) is 0.302. The van der Waals surface area contributed by atoms with E-state index in [4.69, 9.17) is 4.74 Å². The Morgan fingerprint density at radius 1 is 1.00 bits per heavy atom. The number of nitrogens with one attached hydrogen (secondary N) is 1. The van der Waals surface area contributed by atoms with Gasteiger partial charge in [0.25, 0.3) is 0 Å². The number of amides is 1. The van der Waals surface area contributed by atoms with E-state index in [9.17, 15) is 18.0 Å². The number of carbonyl (C=O) groups excluding carboxylic acids is 1. The zero-order chi connectivity index (χ0) is 25.1. The van der Waals surface area contributed by atoms with Crippen LogP contribution in [-0.4, -0.2) is 17.5 Å². The highest BCUT2D eigenvalue weighted by atomic mass is 32.1. The van der Waals surface area contributed by atoms with Gasteiger partial charge in [0, 0.05) is 30.9 Å². The molecule has 1 aromatic heterocycles. The van der Waals surface area contributed by atoms with Crippen LogP contribution in [0.3, 0.4) is 0 Å². The molecule has 0 saturated carbocycles. The first kappa shape index (κ1) is 24.1. The molecular weight excluding hydrogens is 485 g/mol. The minimum atomic E-state index is -4.41. The summed E-state index contributed by atoms with van der Waals surface area (Å²) in [6.45, 7) is 2.72. The van der Waals surface area contributed by atoms with Crippen LogP contribution in [0.15, 0.2) is 83.6 Å².